The maximum atomic E-state index is 14.1. The maximum absolute atomic E-state index is 14.1. The molecule has 2 fully saturated rings. The third kappa shape index (κ3) is 3.42. The summed E-state index contributed by atoms with van der Waals surface area (Å²) in [5.41, 5.74) is 0.964. The highest BCUT2D eigenvalue weighted by atomic mass is 19.1. The van der Waals surface area contributed by atoms with Gasteiger partial charge in [-0.2, -0.15) is 4.98 Å². The van der Waals surface area contributed by atoms with E-state index in [2.05, 4.69) is 15.0 Å². The minimum atomic E-state index is -0.467. The number of aliphatic hydroxyl groups is 1. The molecule has 0 aliphatic carbocycles. The van der Waals surface area contributed by atoms with Crippen LogP contribution in [0.4, 0.5) is 16.2 Å². The molecule has 0 unspecified atom stereocenters. The van der Waals surface area contributed by atoms with Gasteiger partial charge in [-0.1, -0.05) is 6.07 Å². The first-order chi connectivity index (χ1) is 12.2. The zero-order chi connectivity index (χ0) is 17.2. The molecule has 0 aromatic carbocycles. The van der Waals surface area contributed by atoms with Gasteiger partial charge < -0.3 is 14.9 Å². The fourth-order valence-electron chi connectivity index (χ4n) is 3.66. The van der Waals surface area contributed by atoms with Gasteiger partial charge >= 0.3 is 0 Å². The number of pyridine rings is 1. The summed E-state index contributed by atoms with van der Waals surface area (Å²) in [4.78, 5) is 16.9. The van der Waals surface area contributed by atoms with E-state index in [0.717, 1.165) is 31.6 Å². The van der Waals surface area contributed by atoms with E-state index in [9.17, 15) is 9.50 Å². The van der Waals surface area contributed by atoms with Gasteiger partial charge in [-0.25, -0.2) is 9.37 Å². The molecule has 7 heteroatoms. The van der Waals surface area contributed by atoms with Crippen LogP contribution < -0.4 is 9.80 Å². The molecule has 2 aromatic heterocycles. The Hall–Kier alpha value is -2.28. The van der Waals surface area contributed by atoms with Crippen molar-refractivity contribution in [3.63, 3.8) is 0 Å². The van der Waals surface area contributed by atoms with Crippen molar-refractivity contribution in [3.05, 3.63) is 42.1 Å². The largest absolute Gasteiger partial charge is 0.391 e. The number of halogens is 1. The van der Waals surface area contributed by atoms with Crippen LogP contribution in [0.15, 0.2) is 30.6 Å². The Morgan fingerprint density at radius 1 is 1.12 bits per heavy atom. The lowest BCUT2D eigenvalue weighted by atomic mass is 10.00. The lowest BCUT2D eigenvalue weighted by molar-refractivity contribution is 0.148. The zero-order valence-corrected chi connectivity index (χ0v) is 14.1. The molecule has 0 bridgehead atoms. The van der Waals surface area contributed by atoms with Crippen LogP contribution in [0.2, 0.25) is 0 Å². The number of aromatic nitrogens is 3. The minimum Gasteiger partial charge on any atom is -0.391 e. The Kier molecular flexibility index (Phi) is 4.48. The summed E-state index contributed by atoms with van der Waals surface area (Å²) < 4.78 is 14.1. The first kappa shape index (κ1) is 16.2. The van der Waals surface area contributed by atoms with E-state index >= 15 is 0 Å². The summed E-state index contributed by atoms with van der Waals surface area (Å²) in [5, 5.41) is 10.4. The monoisotopic (exact) mass is 343 g/mol. The average molecular weight is 343 g/mol. The third-order valence-electron chi connectivity index (χ3n) is 5.01. The average Bonchev–Trinajstić information content (AvgIpc) is 3.27. The molecule has 2 atom stereocenters. The fourth-order valence-corrected chi connectivity index (χ4v) is 3.66. The highest BCUT2D eigenvalue weighted by Crippen LogP contribution is 2.27. The molecule has 2 aliphatic heterocycles. The lowest BCUT2D eigenvalue weighted by Gasteiger charge is -2.21. The van der Waals surface area contributed by atoms with E-state index < -0.39 is 6.10 Å². The van der Waals surface area contributed by atoms with Crippen LogP contribution in [0.25, 0.3) is 0 Å². The molecule has 0 radical (unpaired) electrons. The predicted octanol–water partition coefficient (Wildman–Crippen LogP) is 1.65. The van der Waals surface area contributed by atoms with Crippen molar-refractivity contribution in [2.24, 2.45) is 5.92 Å². The highest BCUT2D eigenvalue weighted by Gasteiger charge is 2.33. The van der Waals surface area contributed by atoms with Crippen LogP contribution in [0.5, 0.6) is 0 Å². The second-order valence-electron chi connectivity index (χ2n) is 6.79. The van der Waals surface area contributed by atoms with Crippen molar-refractivity contribution in [2.45, 2.75) is 25.4 Å². The standard InChI is InChI=1S/C18H22FN5O/c19-15-10-21-18(22-17(15)23-7-3-4-8-23)24-11-13(16(25)12-24)9-14-5-1-2-6-20-14/h1-2,5-6,10,13,16,25H,3-4,7-9,11-12H2/t13-,16-/m1/s1. The van der Waals surface area contributed by atoms with Crippen molar-refractivity contribution < 1.29 is 9.50 Å². The van der Waals surface area contributed by atoms with Crippen molar-refractivity contribution >= 4 is 11.8 Å². The quantitative estimate of drug-likeness (QED) is 0.911. The fraction of sp³-hybridized carbons (Fsp3) is 0.500. The van der Waals surface area contributed by atoms with E-state index in [1.165, 1.54) is 6.20 Å². The van der Waals surface area contributed by atoms with Crippen molar-refractivity contribution in [3.8, 4) is 0 Å². The molecule has 2 saturated heterocycles. The summed E-state index contributed by atoms with van der Waals surface area (Å²) >= 11 is 0. The van der Waals surface area contributed by atoms with Crippen molar-refractivity contribution in [1.82, 2.24) is 15.0 Å². The summed E-state index contributed by atoms with van der Waals surface area (Å²) in [6, 6.07) is 5.80. The molecular weight excluding hydrogens is 321 g/mol. The van der Waals surface area contributed by atoms with Gasteiger partial charge in [0.2, 0.25) is 5.95 Å². The number of nitrogens with zero attached hydrogens (tertiary/aromatic N) is 5. The molecule has 1 N–H and O–H groups in total. The van der Waals surface area contributed by atoms with Gasteiger partial charge in [0.15, 0.2) is 11.6 Å². The molecule has 4 rings (SSSR count). The van der Waals surface area contributed by atoms with Gasteiger partial charge in [0.05, 0.1) is 12.3 Å². The normalized spacial score (nSPS) is 23.4. The Morgan fingerprint density at radius 2 is 1.96 bits per heavy atom. The molecule has 0 amide bonds. The number of hydrogen-bond donors (Lipinski definition) is 1. The first-order valence-electron chi connectivity index (χ1n) is 8.81. The van der Waals surface area contributed by atoms with Crippen molar-refractivity contribution in [1.29, 1.82) is 0 Å². The number of β-amino-alcohol motifs (C(OH)–C–C–N with tert-alkyl or cyclic N) is 1. The second kappa shape index (κ2) is 6.92. The number of aliphatic hydroxyl groups excluding tert-OH is 1. The smallest absolute Gasteiger partial charge is 0.227 e. The summed E-state index contributed by atoms with van der Waals surface area (Å²) in [6.45, 7) is 2.77. The minimum absolute atomic E-state index is 0.0683. The Balaban J connectivity index is 1.50. The van der Waals surface area contributed by atoms with Crippen LogP contribution in [-0.2, 0) is 6.42 Å². The van der Waals surface area contributed by atoms with Gasteiger partial charge in [0.1, 0.15) is 0 Å². The molecular formula is C18H22FN5O. The molecule has 4 heterocycles. The van der Waals surface area contributed by atoms with E-state index in [1.807, 2.05) is 28.0 Å². The molecule has 6 nitrogen and oxygen atoms in total. The van der Waals surface area contributed by atoms with Gasteiger partial charge in [0.25, 0.3) is 0 Å². The number of hydrogen-bond acceptors (Lipinski definition) is 6. The molecule has 25 heavy (non-hydrogen) atoms. The SMILES string of the molecule is O[C@@H]1CN(c2ncc(F)c(N3CCCC3)n2)C[C@H]1Cc1ccccn1. The summed E-state index contributed by atoms with van der Waals surface area (Å²) in [5.74, 6) is 0.560. The van der Waals surface area contributed by atoms with Crippen LogP contribution >= 0.6 is 0 Å². The van der Waals surface area contributed by atoms with Crippen LogP contribution in [-0.4, -0.2) is 52.3 Å². The Morgan fingerprint density at radius 3 is 2.72 bits per heavy atom. The maximum Gasteiger partial charge on any atom is 0.227 e. The Bertz CT molecular complexity index is 723. The van der Waals surface area contributed by atoms with Crippen molar-refractivity contribution in [2.75, 3.05) is 36.0 Å². The predicted molar refractivity (Wildman–Crippen MR) is 93.1 cm³/mol. The number of anilines is 2. The van der Waals surface area contributed by atoms with E-state index in [1.54, 1.807) is 6.20 Å². The molecule has 0 saturated carbocycles. The van der Waals surface area contributed by atoms with Crippen LogP contribution in [0.1, 0.15) is 18.5 Å². The third-order valence-corrected chi connectivity index (χ3v) is 5.01. The second-order valence-corrected chi connectivity index (χ2v) is 6.79. The topological polar surface area (TPSA) is 65.4 Å². The Labute approximate surface area is 146 Å². The summed E-state index contributed by atoms with van der Waals surface area (Å²) in [6.07, 6.45) is 5.37. The van der Waals surface area contributed by atoms with Gasteiger partial charge in [0, 0.05) is 44.0 Å². The van der Waals surface area contributed by atoms with Gasteiger partial charge in [-0.3, -0.25) is 4.98 Å². The molecule has 2 aliphatic rings. The molecule has 0 spiro atoms. The van der Waals surface area contributed by atoms with Crippen LogP contribution in [0.3, 0.4) is 0 Å². The molecule has 132 valence electrons. The molecule has 2 aromatic rings. The zero-order valence-electron chi connectivity index (χ0n) is 14.1. The van der Waals surface area contributed by atoms with Gasteiger partial charge in [-0.15, -0.1) is 0 Å². The van der Waals surface area contributed by atoms with E-state index in [-0.39, 0.29) is 11.7 Å². The summed E-state index contributed by atoms with van der Waals surface area (Å²) in [7, 11) is 0. The first-order valence-corrected chi connectivity index (χ1v) is 8.81. The highest BCUT2D eigenvalue weighted by molar-refractivity contribution is 5.46. The van der Waals surface area contributed by atoms with E-state index in [4.69, 9.17) is 0 Å². The lowest BCUT2D eigenvalue weighted by Crippen LogP contribution is -2.26. The van der Waals surface area contributed by atoms with Crippen LogP contribution in [0, 0.1) is 11.7 Å². The van der Waals surface area contributed by atoms with E-state index in [0.29, 0.717) is 31.3 Å². The van der Waals surface area contributed by atoms with Gasteiger partial charge in [-0.05, 0) is 31.4 Å². The number of rotatable bonds is 4.